The monoisotopic (exact) mass is 406 g/mol. The molecule has 1 spiro atoms. The molecule has 0 aromatic heterocycles. The first-order chi connectivity index (χ1) is 13.7. The fraction of sp³-hybridized carbons (Fsp3) is 0.960. The standard InChI is InChI=1S/C25H46N2O2/c1-8-10-20(9-2)21-11-12-27(19(4)13-21)22-15-25(18(3)14-24(22,5)6)16-26(17-25)23(28)29-7/h18-22H,8-17H2,1-7H3. The maximum absolute atomic E-state index is 12.0. The first kappa shape index (κ1) is 22.9. The lowest BCUT2D eigenvalue weighted by Gasteiger charge is -2.63. The van der Waals surface area contributed by atoms with Gasteiger partial charge in [0.25, 0.3) is 0 Å². The molecule has 5 atom stereocenters. The van der Waals surface area contributed by atoms with Gasteiger partial charge in [0.2, 0.25) is 0 Å². The number of likely N-dealkylation sites (tertiary alicyclic amines) is 2. The van der Waals surface area contributed by atoms with Crippen LogP contribution in [0, 0.1) is 28.6 Å². The van der Waals surface area contributed by atoms with E-state index >= 15 is 0 Å². The zero-order valence-corrected chi connectivity index (χ0v) is 20.2. The Morgan fingerprint density at radius 2 is 1.86 bits per heavy atom. The van der Waals surface area contributed by atoms with Crippen molar-refractivity contribution in [3.63, 3.8) is 0 Å². The molecule has 5 unspecified atom stereocenters. The Morgan fingerprint density at radius 1 is 1.17 bits per heavy atom. The Balaban J connectivity index is 1.69. The number of methoxy groups -OCH3 is 1. The van der Waals surface area contributed by atoms with Crippen LogP contribution in [0.1, 0.15) is 86.5 Å². The second-order valence-electron chi connectivity index (χ2n) is 11.3. The Bertz CT molecular complexity index is 569. The minimum atomic E-state index is -0.153. The Morgan fingerprint density at radius 3 is 2.41 bits per heavy atom. The normalized spacial score (nSPS) is 35.2. The smallest absolute Gasteiger partial charge is 0.409 e. The molecule has 0 radical (unpaired) electrons. The highest BCUT2D eigenvalue weighted by Crippen LogP contribution is 2.55. The summed E-state index contributed by atoms with van der Waals surface area (Å²) in [6.45, 7) is 17.6. The third kappa shape index (κ3) is 4.34. The number of carbonyl (C=O) groups excluding carboxylic acids is 1. The highest BCUT2D eigenvalue weighted by molar-refractivity contribution is 5.68. The molecule has 29 heavy (non-hydrogen) atoms. The molecule has 4 nitrogen and oxygen atoms in total. The second-order valence-corrected chi connectivity index (χ2v) is 11.3. The van der Waals surface area contributed by atoms with E-state index in [2.05, 4.69) is 46.4 Å². The van der Waals surface area contributed by atoms with Gasteiger partial charge in [-0.25, -0.2) is 4.79 Å². The average Bonchev–Trinajstić information content (AvgIpc) is 2.64. The van der Waals surface area contributed by atoms with Gasteiger partial charge in [-0.05, 0) is 62.3 Å². The summed E-state index contributed by atoms with van der Waals surface area (Å²) in [4.78, 5) is 16.7. The summed E-state index contributed by atoms with van der Waals surface area (Å²) in [7, 11) is 1.50. The van der Waals surface area contributed by atoms with Crippen molar-refractivity contribution in [1.29, 1.82) is 0 Å². The molecule has 3 fully saturated rings. The molecule has 168 valence electrons. The molecular weight excluding hydrogens is 360 g/mol. The lowest BCUT2D eigenvalue weighted by molar-refractivity contribution is -0.129. The molecule has 4 heteroatoms. The van der Waals surface area contributed by atoms with E-state index in [1.165, 1.54) is 58.6 Å². The Kier molecular flexibility index (Phi) is 6.92. The van der Waals surface area contributed by atoms with E-state index in [1.807, 2.05) is 4.90 Å². The van der Waals surface area contributed by atoms with E-state index in [0.717, 1.165) is 24.9 Å². The zero-order valence-electron chi connectivity index (χ0n) is 20.2. The van der Waals surface area contributed by atoms with Gasteiger partial charge in [-0.1, -0.05) is 53.9 Å². The van der Waals surface area contributed by atoms with Crippen molar-refractivity contribution >= 4 is 6.09 Å². The number of ether oxygens (including phenoxy) is 1. The number of rotatable bonds is 5. The zero-order chi connectivity index (χ0) is 21.4. The number of nitrogens with zero attached hydrogens (tertiary/aromatic N) is 2. The number of carbonyl (C=O) groups is 1. The van der Waals surface area contributed by atoms with E-state index in [-0.39, 0.29) is 6.09 Å². The first-order valence-electron chi connectivity index (χ1n) is 12.3. The summed E-state index contributed by atoms with van der Waals surface area (Å²) in [6, 6.07) is 1.30. The molecule has 1 aliphatic carbocycles. The minimum absolute atomic E-state index is 0.153. The van der Waals surface area contributed by atoms with Crippen molar-refractivity contribution in [2.75, 3.05) is 26.7 Å². The first-order valence-corrected chi connectivity index (χ1v) is 12.3. The molecule has 1 amide bonds. The van der Waals surface area contributed by atoms with Crippen LogP contribution < -0.4 is 0 Å². The summed E-state index contributed by atoms with van der Waals surface area (Å²) in [5, 5.41) is 0. The summed E-state index contributed by atoms with van der Waals surface area (Å²) in [5.74, 6) is 2.48. The molecule has 3 aliphatic rings. The molecule has 0 N–H and O–H groups in total. The van der Waals surface area contributed by atoms with E-state index in [9.17, 15) is 4.79 Å². The predicted octanol–water partition coefficient (Wildman–Crippen LogP) is 5.81. The minimum Gasteiger partial charge on any atom is -0.453 e. The van der Waals surface area contributed by atoms with Gasteiger partial charge in [-0.15, -0.1) is 0 Å². The van der Waals surface area contributed by atoms with Crippen LogP contribution in [-0.2, 0) is 4.74 Å². The van der Waals surface area contributed by atoms with Gasteiger partial charge in [0.15, 0.2) is 0 Å². The van der Waals surface area contributed by atoms with Crippen LogP contribution in [0.25, 0.3) is 0 Å². The lowest BCUT2D eigenvalue weighted by atomic mass is 9.54. The third-order valence-electron chi connectivity index (χ3n) is 9.04. The predicted molar refractivity (Wildman–Crippen MR) is 120 cm³/mol. The van der Waals surface area contributed by atoms with Gasteiger partial charge in [-0.3, -0.25) is 4.90 Å². The highest BCUT2D eigenvalue weighted by Gasteiger charge is 2.57. The van der Waals surface area contributed by atoms with E-state index in [4.69, 9.17) is 4.74 Å². The van der Waals surface area contributed by atoms with Crippen LogP contribution in [0.5, 0.6) is 0 Å². The molecule has 2 saturated heterocycles. The molecular formula is C25H46N2O2. The molecule has 0 aromatic carbocycles. The summed E-state index contributed by atoms with van der Waals surface area (Å²) in [5.41, 5.74) is 0.629. The maximum Gasteiger partial charge on any atom is 0.409 e. The van der Waals surface area contributed by atoms with Gasteiger partial charge in [0.1, 0.15) is 0 Å². The van der Waals surface area contributed by atoms with Crippen molar-refractivity contribution in [3.8, 4) is 0 Å². The molecule has 2 heterocycles. The van der Waals surface area contributed by atoms with Crippen molar-refractivity contribution in [1.82, 2.24) is 9.80 Å². The van der Waals surface area contributed by atoms with Crippen LogP contribution in [0.3, 0.4) is 0 Å². The molecule has 3 rings (SSSR count). The fourth-order valence-corrected chi connectivity index (χ4v) is 7.25. The summed E-state index contributed by atoms with van der Waals surface area (Å²) >= 11 is 0. The van der Waals surface area contributed by atoms with Crippen molar-refractivity contribution in [3.05, 3.63) is 0 Å². The second kappa shape index (κ2) is 8.77. The van der Waals surface area contributed by atoms with E-state index in [0.29, 0.717) is 28.8 Å². The summed E-state index contributed by atoms with van der Waals surface area (Å²) < 4.78 is 4.97. The third-order valence-corrected chi connectivity index (χ3v) is 9.04. The number of amides is 1. The quantitative estimate of drug-likeness (QED) is 0.578. The van der Waals surface area contributed by atoms with Crippen LogP contribution in [0.2, 0.25) is 0 Å². The fourth-order valence-electron chi connectivity index (χ4n) is 7.25. The van der Waals surface area contributed by atoms with E-state index in [1.54, 1.807) is 0 Å². The Hall–Kier alpha value is -0.770. The van der Waals surface area contributed by atoms with Gasteiger partial charge in [0.05, 0.1) is 7.11 Å². The SMILES string of the molecule is CCCC(CC)C1CCN(C2CC3(CN(C(=O)OC)C3)C(C)CC2(C)C)C(C)C1. The van der Waals surface area contributed by atoms with Gasteiger partial charge < -0.3 is 9.64 Å². The van der Waals surface area contributed by atoms with Crippen LogP contribution in [0.4, 0.5) is 4.79 Å². The van der Waals surface area contributed by atoms with Crippen molar-refractivity contribution in [2.45, 2.75) is 98.6 Å². The summed E-state index contributed by atoms with van der Waals surface area (Å²) in [6.07, 6.45) is 9.12. The lowest BCUT2D eigenvalue weighted by Crippen LogP contribution is -2.68. The van der Waals surface area contributed by atoms with Crippen LogP contribution in [0.15, 0.2) is 0 Å². The molecule has 2 aliphatic heterocycles. The Labute approximate surface area is 179 Å². The van der Waals surface area contributed by atoms with Gasteiger partial charge >= 0.3 is 6.09 Å². The van der Waals surface area contributed by atoms with Crippen LogP contribution in [-0.4, -0.2) is 54.7 Å². The molecule has 0 bridgehead atoms. The van der Waals surface area contributed by atoms with Crippen molar-refractivity contribution in [2.24, 2.45) is 28.6 Å². The number of piperidine rings is 1. The van der Waals surface area contributed by atoms with E-state index < -0.39 is 0 Å². The van der Waals surface area contributed by atoms with Crippen molar-refractivity contribution < 1.29 is 9.53 Å². The van der Waals surface area contributed by atoms with Gasteiger partial charge in [-0.2, -0.15) is 0 Å². The maximum atomic E-state index is 12.0. The molecule has 0 aromatic rings. The topological polar surface area (TPSA) is 32.8 Å². The average molecular weight is 407 g/mol. The van der Waals surface area contributed by atoms with Crippen LogP contribution >= 0.6 is 0 Å². The largest absolute Gasteiger partial charge is 0.453 e. The molecule has 1 saturated carbocycles. The number of hydrogen-bond donors (Lipinski definition) is 0. The number of hydrogen-bond acceptors (Lipinski definition) is 3. The highest BCUT2D eigenvalue weighted by atomic mass is 16.5. The van der Waals surface area contributed by atoms with Gasteiger partial charge in [0, 0.05) is 30.6 Å².